The average Bonchev–Trinajstić information content (AvgIpc) is 3.24. The molecule has 0 bridgehead atoms. The Kier molecular flexibility index (Phi) is 4.50. The minimum absolute atomic E-state index is 0.0252. The van der Waals surface area contributed by atoms with Gasteiger partial charge in [-0.2, -0.15) is 0 Å². The molecule has 3 aromatic rings. The number of nitrogens with one attached hydrogen (secondary N) is 1. The van der Waals surface area contributed by atoms with Gasteiger partial charge in [-0.25, -0.2) is 8.42 Å². The number of sulfonamides is 1. The van der Waals surface area contributed by atoms with E-state index in [1.807, 2.05) is 24.3 Å². The molecule has 1 aromatic heterocycles. The summed E-state index contributed by atoms with van der Waals surface area (Å²) in [5, 5.41) is 8.50. The zero-order valence-electron chi connectivity index (χ0n) is 16.3. The van der Waals surface area contributed by atoms with Crippen molar-refractivity contribution in [2.45, 2.75) is 50.5 Å². The van der Waals surface area contributed by atoms with Crippen LogP contribution >= 0.6 is 0 Å². The Hall–Kier alpha value is -2.67. The van der Waals surface area contributed by atoms with Gasteiger partial charge in [0.25, 0.3) is 10.0 Å². The summed E-state index contributed by atoms with van der Waals surface area (Å²) in [4.78, 5) is 0.245. The minimum Gasteiger partial charge on any atom is -0.311 e. The van der Waals surface area contributed by atoms with Gasteiger partial charge >= 0.3 is 0 Å². The highest BCUT2D eigenvalue weighted by atomic mass is 32.2. The van der Waals surface area contributed by atoms with Crippen molar-refractivity contribution in [2.24, 2.45) is 0 Å². The first kappa shape index (κ1) is 18.7. The Balaban J connectivity index is 1.60. The Morgan fingerprint density at radius 2 is 1.79 bits per heavy atom. The van der Waals surface area contributed by atoms with Crippen LogP contribution in [0.15, 0.2) is 53.4 Å². The molecule has 2 heterocycles. The summed E-state index contributed by atoms with van der Waals surface area (Å²) in [6.07, 6.45) is 2.00. The molecule has 0 fully saturated rings. The second-order valence-electron chi connectivity index (χ2n) is 8.16. The van der Waals surface area contributed by atoms with Crippen molar-refractivity contribution in [1.82, 2.24) is 14.8 Å². The smallest absolute Gasteiger partial charge is 0.261 e. The van der Waals surface area contributed by atoms with Crippen LogP contribution in [0.5, 0.6) is 0 Å². The molecule has 7 heteroatoms. The molecule has 0 saturated carbocycles. The molecular formula is C21H24N4O2S. The van der Waals surface area contributed by atoms with Crippen LogP contribution in [-0.4, -0.2) is 23.2 Å². The molecule has 0 saturated heterocycles. The minimum atomic E-state index is -3.67. The van der Waals surface area contributed by atoms with E-state index >= 15 is 0 Å². The SMILES string of the molecule is CC(C)(C)c1ccc(S(=O)(=O)Nc2cccc(-c3nnc4n3CCC4)c2)cc1. The van der Waals surface area contributed by atoms with Crippen LogP contribution in [0.3, 0.4) is 0 Å². The Bertz CT molecular complexity index is 1110. The number of hydrogen-bond donors (Lipinski definition) is 1. The summed E-state index contributed by atoms with van der Waals surface area (Å²) in [6.45, 7) is 7.19. The van der Waals surface area contributed by atoms with Crippen molar-refractivity contribution < 1.29 is 8.42 Å². The van der Waals surface area contributed by atoms with Crippen LogP contribution in [0.2, 0.25) is 0 Å². The highest BCUT2D eigenvalue weighted by Gasteiger charge is 2.20. The molecule has 4 rings (SSSR count). The van der Waals surface area contributed by atoms with Crippen molar-refractivity contribution in [3.8, 4) is 11.4 Å². The summed E-state index contributed by atoms with van der Waals surface area (Å²) in [5.74, 6) is 1.77. The van der Waals surface area contributed by atoms with Gasteiger partial charge in [-0.15, -0.1) is 10.2 Å². The van der Waals surface area contributed by atoms with E-state index < -0.39 is 10.0 Å². The third kappa shape index (κ3) is 3.54. The molecular weight excluding hydrogens is 372 g/mol. The highest BCUT2D eigenvalue weighted by molar-refractivity contribution is 7.92. The van der Waals surface area contributed by atoms with Crippen molar-refractivity contribution >= 4 is 15.7 Å². The molecule has 1 aliphatic rings. The molecule has 0 unspecified atom stereocenters. The number of aryl methyl sites for hydroxylation is 1. The molecule has 0 spiro atoms. The van der Waals surface area contributed by atoms with Gasteiger partial charge < -0.3 is 4.57 Å². The van der Waals surface area contributed by atoms with Crippen LogP contribution < -0.4 is 4.72 Å². The molecule has 0 atom stereocenters. The predicted octanol–water partition coefficient (Wildman–Crippen LogP) is 3.99. The fourth-order valence-corrected chi connectivity index (χ4v) is 4.48. The molecule has 28 heavy (non-hydrogen) atoms. The summed E-state index contributed by atoms with van der Waals surface area (Å²) in [7, 11) is -3.67. The van der Waals surface area contributed by atoms with E-state index in [1.54, 1.807) is 24.3 Å². The van der Waals surface area contributed by atoms with Crippen LogP contribution in [-0.2, 0) is 28.4 Å². The molecule has 6 nitrogen and oxygen atoms in total. The van der Waals surface area contributed by atoms with Gasteiger partial charge in [0.1, 0.15) is 5.82 Å². The number of rotatable bonds is 4. The van der Waals surface area contributed by atoms with E-state index in [0.717, 1.165) is 42.2 Å². The van der Waals surface area contributed by atoms with Crippen LogP contribution in [0.25, 0.3) is 11.4 Å². The number of hydrogen-bond acceptors (Lipinski definition) is 4. The van der Waals surface area contributed by atoms with E-state index in [2.05, 4.69) is 40.3 Å². The first-order valence-electron chi connectivity index (χ1n) is 9.40. The van der Waals surface area contributed by atoms with Gasteiger partial charge in [-0.3, -0.25) is 4.72 Å². The Morgan fingerprint density at radius 1 is 1.04 bits per heavy atom. The topological polar surface area (TPSA) is 76.9 Å². The van der Waals surface area contributed by atoms with Crippen LogP contribution in [0.4, 0.5) is 5.69 Å². The van der Waals surface area contributed by atoms with Gasteiger partial charge in [0, 0.05) is 24.2 Å². The Labute approximate surface area is 165 Å². The number of aromatic nitrogens is 3. The summed E-state index contributed by atoms with van der Waals surface area (Å²) < 4.78 is 30.4. The average molecular weight is 397 g/mol. The second-order valence-corrected chi connectivity index (χ2v) is 9.84. The summed E-state index contributed by atoms with van der Waals surface area (Å²) in [5.41, 5.74) is 2.42. The van der Waals surface area contributed by atoms with Crippen molar-refractivity contribution in [3.05, 3.63) is 59.9 Å². The van der Waals surface area contributed by atoms with Crippen molar-refractivity contribution in [2.75, 3.05) is 4.72 Å². The number of anilines is 1. The molecule has 0 amide bonds. The van der Waals surface area contributed by atoms with Gasteiger partial charge in [0.2, 0.25) is 0 Å². The first-order valence-corrected chi connectivity index (χ1v) is 10.9. The molecule has 2 aromatic carbocycles. The largest absolute Gasteiger partial charge is 0.311 e. The zero-order valence-corrected chi connectivity index (χ0v) is 17.1. The maximum atomic E-state index is 12.8. The first-order chi connectivity index (χ1) is 13.2. The van der Waals surface area contributed by atoms with Gasteiger partial charge in [-0.05, 0) is 41.7 Å². The third-order valence-corrected chi connectivity index (χ3v) is 6.41. The number of fused-ring (bicyclic) bond motifs is 1. The summed E-state index contributed by atoms with van der Waals surface area (Å²) in [6, 6.07) is 14.3. The lowest BCUT2D eigenvalue weighted by atomic mass is 9.87. The lowest BCUT2D eigenvalue weighted by Crippen LogP contribution is -2.15. The third-order valence-electron chi connectivity index (χ3n) is 5.01. The van der Waals surface area contributed by atoms with E-state index in [-0.39, 0.29) is 10.3 Å². The normalized spacial score (nSPS) is 14.1. The number of benzene rings is 2. The predicted molar refractivity (Wildman–Crippen MR) is 110 cm³/mol. The monoisotopic (exact) mass is 396 g/mol. The maximum Gasteiger partial charge on any atom is 0.261 e. The quantitative estimate of drug-likeness (QED) is 0.723. The fraction of sp³-hybridized carbons (Fsp3) is 0.333. The zero-order chi connectivity index (χ0) is 19.9. The number of nitrogens with zero attached hydrogens (tertiary/aromatic N) is 3. The van der Waals surface area contributed by atoms with E-state index in [1.165, 1.54) is 0 Å². The van der Waals surface area contributed by atoms with E-state index in [9.17, 15) is 8.42 Å². The second kappa shape index (κ2) is 6.74. The lowest BCUT2D eigenvalue weighted by Gasteiger charge is -2.19. The van der Waals surface area contributed by atoms with Gasteiger partial charge in [0.15, 0.2) is 5.82 Å². The molecule has 0 radical (unpaired) electrons. The van der Waals surface area contributed by atoms with Gasteiger partial charge in [0.05, 0.1) is 4.90 Å². The fourth-order valence-electron chi connectivity index (χ4n) is 3.43. The summed E-state index contributed by atoms with van der Waals surface area (Å²) >= 11 is 0. The van der Waals surface area contributed by atoms with Crippen LogP contribution in [0, 0.1) is 0 Å². The highest BCUT2D eigenvalue weighted by Crippen LogP contribution is 2.27. The van der Waals surface area contributed by atoms with E-state index in [4.69, 9.17) is 0 Å². The molecule has 146 valence electrons. The molecule has 1 aliphatic heterocycles. The van der Waals surface area contributed by atoms with Crippen molar-refractivity contribution in [3.63, 3.8) is 0 Å². The molecule has 0 aliphatic carbocycles. The van der Waals surface area contributed by atoms with E-state index in [0.29, 0.717) is 5.69 Å². The van der Waals surface area contributed by atoms with Gasteiger partial charge in [-0.1, -0.05) is 45.0 Å². The Morgan fingerprint density at radius 3 is 2.50 bits per heavy atom. The standard InChI is InChI=1S/C21H24N4O2S/c1-21(2,3)16-9-11-18(12-10-16)28(26,27)24-17-7-4-6-15(14-17)20-23-22-19-8-5-13-25(19)20/h4,6-7,9-12,14,24H,5,8,13H2,1-3H3. The van der Waals surface area contributed by atoms with Crippen LogP contribution in [0.1, 0.15) is 38.6 Å². The maximum absolute atomic E-state index is 12.8. The lowest BCUT2D eigenvalue weighted by molar-refractivity contribution is 0.587. The van der Waals surface area contributed by atoms with Crippen molar-refractivity contribution in [1.29, 1.82) is 0 Å². The molecule has 1 N–H and O–H groups in total.